The van der Waals surface area contributed by atoms with Gasteiger partial charge in [0, 0.05) is 9.26 Å². The number of hydrogen-bond donors (Lipinski definition) is 1. The highest BCUT2D eigenvalue weighted by molar-refractivity contribution is 14.1. The summed E-state index contributed by atoms with van der Waals surface area (Å²) >= 11 is 8.23. The quantitative estimate of drug-likeness (QED) is 0.657. The Labute approximate surface area is 96.8 Å². The van der Waals surface area contributed by atoms with E-state index < -0.39 is 0 Å². The second-order valence-electron chi connectivity index (χ2n) is 3.61. The first-order valence-corrected chi connectivity index (χ1v) is 5.86. The minimum absolute atomic E-state index is 0.824. The van der Waals surface area contributed by atoms with Crippen LogP contribution < -0.4 is 5.73 Å². The average molecular weight is 308 g/mol. The summed E-state index contributed by atoms with van der Waals surface area (Å²) in [5.41, 5.74) is 8.01. The number of rotatable bonds is 2. The SMILES string of the molecule is Nc1cc(I)c(Cl)cc1CC1CC1. The standard InChI is InChI=1S/C10H11ClIN/c11-8-4-7(3-6-1-2-6)10(13)5-9(8)12/h4-6H,1-3,13H2. The molecule has 13 heavy (non-hydrogen) atoms. The molecule has 1 aliphatic carbocycles. The lowest BCUT2D eigenvalue weighted by Crippen LogP contribution is -1.96. The second kappa shape index (κ2) is 3.65. The monoisotopic (exact) mass is 307 g/mol. The van der Waals surface area contributed by atoms with E-state index in [1.165, 1.54) is 18.4 Å². The van der Waals surface area contributed by atoms with Crippen molar-refractivity contribution in [3.63, 3.8) is 0 Å². The van der Waals surface area contributed by atoms with Crippen LogP contribution >= 0.6 is 34.2 Å². The van der Waals surface area contributed by atoms with Gasteiger partial charge in [0.15, 0.2) is 0 Å². The minimum atomic E-state index is 0.824. The summed E-state index contributed by atoms with van der Waals surface area (Å²) in [5.74, 6) is 0.860. The average Bonchev–Trinajstić information content (AvgIpc) is 2.84. The Morgan fingerprint density at radius 1 is 1.46 bits per heavy atom. The molecule has 0 aliphatic heterocycles. The van der Waals surface area contributed by atoms with Crippen molar-refractivity contribution >= 4 is 39.9 Å². The number of nitrogen functional groups attached to an aromatic ring is 1. The van der Waals surface area contributed by atoms with Crippen LogP contribution in [-0.2, 0) is 6.42 Å². The third-order valence-electron chi connectivity index (χ3n) is 2.39. The first-order chi connectivity index (χ1) is 6.16. The molecule has 0 aromatic heterocycles. The van der Waals surface area contributed by atoms with Gasteiger partial charge in [0.2, 0.25) is 0 Å². The second-order valence-corrected chi connectivity index (χ2v) is 5.18. The summed E-state index contributed by atoms with van der Waals surface area (Å²) in [7, 11) is 0. The van der Waals surface area contributed by atoms with E-state index in [1.807, 2.05) is 12.1 Å². The van der Waals surface area contributed by atoms with E-state index in [0.29, 0.717) is 0 Å². The van der Waals surface area contributed by atoms with E-state index in [1.54, 1.807) is 0 Å². The van der Waals surface area contributed by atoms with E-state index in [-0.39, 0.29) is 0 Å². The van der Waals surface area contributed by atoms with Crippen LogP contribution in [-0.4, -0.2) is 0 Å². The molecule has 0 radical (unpaired) electrons. The summed E-state index contributed by atoms with van der Waals surface area (Å²) in [6.45, 7) is 0. The van der Waals surface area contributed by atoms with Crippen molar-refractivity contribution < 1.29 is 0 Å². The van der Waals surface area contributed by atoms with Gasteiger partial charge in [0.25, 0.3) is 0 Å². The molecule has 0 heterocycles. The molecule has 0 unspecified atom stereocenters. The Balaban J connectivity index is 2.27. The largest absolute Gasteiger partial charge is 0.398 e. The Morgan fingerprint density at radius 3 is 2.77 bits per heavy atom. The maximum absolute atomic E-state index is 6.03. The van der Waals surface area contributed by atoms with Gasteiger partial charge in [-0.05, 0) is 65.5 Å². The third kappa shape index (κ3) is 2.29. The van der Waals surface area contributed by atoms with Crippen molar-refractivity contribution in [3.05, 3.63) is 26.3 Å². The molecule has 0 amide bonds. The Bertz CT molecular complexity index is 334. The van der Waals surface area contributed by atoms with Crippen LogP contribution in [0.4, 0.5) is 5.69 Å². The lowest BCUT2D eigenvalue weighted by atomic mass is 10.1. The molecule has 0 spiro atoms. The molecule has 2 rings (SSSR count). The highest BCUT2D eigenvalue weighted by Crippen LogP contribution is 2.35. The van der Waals surface area contributed by atoms with Crippen LogP contribution in [0, 0.1) is 9.49 Å². The maximum Gasteiger partial charge on any atom is 0.0543 e. The fourth-order valence-electron chi connectivity index (χ4n) is 1.41. The molecular weight excluding hydrogens is 296 g/mol. The lowest BCUT2D eigenvalue weighted by molar-refractivity contribution is 0.834. The van der Waals surface area contributed by atoms with E-state index in [4.69, 9.17) is 17.3 Å². The third-order valence-corrected chi connectivity index (χ3v) is 3.91. The van der Waals surface area contributed by atoms with Crippen molar-refractivity contribution in [2.75, 3.05) is 5.73 Å². The molecule has 0 saturated heterocycles. The smallest absolute Gasteiger partial charge is 0.0543 e. The topological polar surface area (TPSA) is 26.0 Å². The fraction of sp³-hybridized carbons (Fsp3) is 0.400. The van der Waals surface area contributed by atoms with Crippen molar-refractivity contribution in [1.29, 1.82) is 0 Å². The molecule has 1 aromatic carbocycles. The first kappa shape index (κ1) is 9.59. The fourth-order valence-corrected chi connectivity index (χ4v) is 2.09. The Morgan fingerprint density at radius 2 is 2.15 bits per heavy atom. The summed E-state index contributed by atoms with van der Waals surface area (Å²) in [5, 5.41) is 0.824. The van der Waals surface area contributed by atoms with Crippen molar-refractivity contribution in [2.45, 2.75) is 19.3 Å². The van der Waals surface area contributed by atoms with E-state index in [0.717, 1.165) is 26.6 Å². The molecule has 1 aliphatic rings. The van der Waals surface area contributed by atoms with Crippen LogP contribution in [0.1, 0.15) is 18.4 Å². The molecule has 0 bridgehead atoms. The zero-order valence-corrected chi connectivity index (χ0v) is 10.1. The van der Waals surface area contributed by atoms with Gasteiger partial charge in [-0.25, -0.2) is 0 Å². The van der Waals surface area contributed by atoms with Crippen molar-refractivity contribution in [2.24, 2.45) is 5.92 Å². The zero-order valence-electron chi connectivity index (χ0n) is 7.19. The predicted octanol–water partition coefficient (Wildman–Crippen LogP) is 3.48. The van der Waals surface area contributed by atoms with Gasteiger partial charge >= 0.3 is 0 Å². The predicted molar refractivity (Wildman–Crippen MR) is 65.0 cm³/mol. The first-order valence-electron chi connectivity index (χ1n) is 4.40. The maximum atomic E-state index is 6.03. The van der Waals surface area contributed by atoms with Gasteiger partial charge in [-0.2, -0.15) is 0 Å². The molecule has 2 N–H and O–H groups in total. The molecule has 1 saturated carbocycles. The van der Waals surface area contributed by atoms with E-state index in [2.05, 4.69) is 22.6 Å². The van der Waals surface area contributed by atoms with Gasteiger partial charge in [-0.1, -0.05) is 11.6 Å². The number of anilines is 1. The Hall–Kier alpha value is 0.0400. The van der Waals surface area contributed by atoms with E-state index >= 15 is 0 Å². The van der Waals surface area contributed by atoms with Gasteiger partial charge in [0.1, 0.15) is 0 Å². The number of benzene rings is 1. The summed E-state index contributed by atoms with van der Waals surface area (Å²) in [4.78, 5) is 0. The highest BCUT2D eigenvalue weighted by Gasteiger charge is 2.22. The summed E-state index contributed by atoms with van der Waals surface area (Å²) < 4.78 is 1.04. The molecule has 1 fully saturated rings. The van der Waals surface area contributed by atoms with Gasteiger partial charge in [0.05, 0.1) is 5.02 Å². The van der Waals surface area contributed by atoms with Gasteiger partial charge in [-0.15, -0.1) is 0 Å². The molecular formula is C10H11ClIN. The lowest BCUT2D eigenvalue weighted by Gasteiger charge is -2.06. The molecule has 0 atom stereocenters. The van der Waals surface area contributed by atoms with Crippen LogP contribution in [0.5, 0.6) is 0 Å². The minimum Gasteiger partial charge on any atom is -0.398 e. The van der Waals surface area contributed by atoms with Gasteiger partial charge in [-0.3, -0.25) is 0 Å². The van der Waals surface area contributed by atoms with Crippen molar-refractivity contribution in [3.8, 4) is 0 Å². The van der Waals surface area contributed by atoms with E-state index in [9.17, 15) is 0 Å². The van der Waals surface area contributed by atoms with Crippen molar-refractivity contribution in [1.82, 2.24) is 0 Å². The van der Waals surface area contributed by atoms with Crippen LogP contribution in [0.2, 0.25) is 5.02 Å². The molecule has 1 aromatic rings. The summed E-state index contributed by atoms with van der Waals surface area (Å²) in [6.07, 6.45) is 3.80. The Kier molecular flexibility index (Phi) is 2.70. The molecule has 70 valence electrons. The van der Waals surface area contributed by atoms with Crippen LogP contribution in [0.15, 0.2) is 12.1 Å². The highest BCUT2D eigenvalue weighted by atomic mass is 127. The van der Waals surface area contributed by atoms with Crippen LogP contribution in [0.3, 0.4) is 0 Å². The number of hydrogen-bond acceptors (Lipinski definition) is 1. The molecule has 1 nitrogen and oxygen atoms in total. The number of nitrogens with two attached hydrogens (primary N) is 1. The molecule has 3 heteroatoms. The van der Waals surface area contributed by atoms with Crippen LogP contribution in [0.25, 0.3) is 0 Å². The summed E-state index contributed by atoms with van der Waals surface area (Å²) in [6, 6.07) is 3.97. The zero-order chi connectivity index (χ0) is 9.42. The normalized spacial score (nSPS) is 16.2. The number of halogens is 2. The van der Waals surface area contributed by atoms with Gasteiger partial charge < -0.3 is 5.73 Å².